The molecular weight excluding hydrogens is 310 g/mol. The third-order valence-electron chi connectivity index (χ3n) is 3.68. The minimum absolute atomic E-state index is 0.345. The molecule has 23 heavy (non-hydrogen) atoms. The van der Waals surface area contributed by atoms with Crippen LogP contribution in [0.4, 0.5) is 0 Å². The van der Waals surface area contributed by atoms with Gasteiger partial charge in [-0.2, -0.15) is 0 Å². The first-order chi connectivity index (χ1) is 11.3. The minimum atomic E-state index is -0.345. The highest BCUT2D eigenvalue weighted by molar-refractivity contribution is 7.13. The average molecular weight is 335 g/mol. The molecule has 0 amide bonds. The van der Waals surface area contributed by atoms with Crippen molar-refractivity contribution in [3.8, 4) is 10.8 Å². The SMILES string of the molecule is CCCCCCCCCCOC(=O)c1csc(-c2ccco2)n1. The van der Waals surface area contributed by atoms with Crippen LogP contribution in [-0.2, 0) is 4.74 Å². The fourth-order valence-corrected chi connectivity index (χ4v) is 3.11. The van der Waals surface area contributed by atoms with Gasteiger partial charge in [0.25, 0.3) is 0 Å². The molecule has 2 rings (SSSR count). The molecule has 0 saturated heterocycles. The van der Waals surface area contributed by atoms with Crippen molar-refractivity contribution >= 4 is 17.3 Å². The first-order valence-electron chi connectivity index (χ1n) is 8.47. The Balaban J connectivity index is 1.58. The Labute approximate surface area is 141 Å². The normalized spacial score (nSPS) is 10.8. The highest BCUT2D eigenvalue weighted by Gasteiger charge is 2.14. The van der Waals surface area contributed by atoms with Gasteiger partial charge in [0.2, 0.25) is 0 Å². The molecule has 2 aromatic rings. The van der Waals surface area contributed by atoms with Crippen LogP contribution in [0.5, 0.6) is 0 Å². The molecular formula is C18H25NO3S. The van der Waals surface area contributed by atoms with Gasteiger partial charge in [-0.15, -0.1) is 11.3 Å². The summed E-state index contributed by atoms with van der Waals surface area (Å²) in [5.74, 6) is 0.333. The number of carbonyl (C=O) groups excluding carboxylic acids is 1. The van der Waals surface area contributed by atoms with Crippen LogP contribution in [-0.4, -0.2) is 17.6 Å². The summed E-state index contributed by atoms with van der Waals surface area (Å²) >= 11 is 1.39. The van der Waals surface area contributed by atoms with Crippen molar-refractivity contribution in [3.63, 3.8) is 0 Å². The van der Waals surface area contributed by atoms with Crippen LogP contribution in [0, 0.1) is 0 Å². The molecule has 0 aliphatic heterocycles. The standard InChI is InChI=1S/C18H25NO3S/c1-2-3-4-5-6-7-8-9-12-22-18(20)15-14-23-17(19-15)16-11-10-13-21-16/h10-11,13-14H,2-9,12H2,1H3. The summed E-state index contributed by atoms with van der Waals surface area (Å²) in [6.07, 6.45) is 11.4. The van der Waals surface area contributed by atoms with E-state index in [4.69, 9.17) is 9.15 Å². The number of thiazole rings is 1. The van der Waals surface area contributed by atoms with E-state index in [9.17, 15) is 4.79 Å². The van der Waals surface area contributed by atoms with Crippen molar-refractivity contribution in [2.24, 2.45) is 0 Å². The zero-order valence-electron chi connectivity index (χ0n) is 13.8. The van der Waals surface area contributed by atoms with Crippen molar-refractivity contribution in [2.45, 2.75) is 58.3 Å². The molecule has 2 aromatic heterocycles. The summed E-state index contributed by atoms with van der Waals surface area (Å²) in [6, 6.07) is 3.63. The number of carbonyl (C=O) groups is 1. The second-order valence-corrected chi connectivity index (χ2v) is 6.48. The number of esters is 1. The van der Waals surface area contributed by atoms with E-state index in [0.29, 0.717) is 23.1 Å². The average Bonchev–Trinajstić information content (AvgIpc) is 3.23. The number of unbranched alkanes of at least 4 members (excludes halogenated alkanes) is 7. The van der Waals surface area contributed by atoms with E-state index < -0.39 is 0 Å². The van der Waals surface area contributed by atoms with Crippen LogP contribution < -0.4 is 0 Å². The smallest absolute Gasteiger partial charge is 0.357 e. The third-order valence-corrected chi connectivity index (χ3v) is 4.53. The summed E-state index contributed by atoms with van der Waals surface area (Å²) in [7, 11) is 0. The number of aromatic nitrogens is 1. The van der Waals surface area contributed by atoms with Gasteiger partial charge in [-0.25, -0.2) is 9.78 Å². The maximum Gasteiger partial charge on any atom is 0.357 e. The number of rotatable bonds is 11. The molecule has 0 aromatic carbocycles. The van der Waals surface area contributed by atoms with Gasteiger partial charge in [-0.1, -0.05) is 51.9 Å². The van der Waals surface area contributed by atoms with Crippen LogP contribution >= 0.6 is 11.3 Å². The Morgan fingerprint density at radius 1 is 1.17 bits per heavy atom. The number of furan rings is 1. The molecule has 0 aliphatic carbocycles. The summed E-state index contributed by atoms with van der Waals surface area (Å²) in [5, 5.41) is 2.42. The third kappa shape index (κ3) is 6.18. The van der Waals surface area contributed by atoms with Crippen molar-refractivity contribution in [1.82, 2.24) is 4.98 Å². The molecule has 126 valence electrons. The van der Waals surface area contributed by atoms with E-state index in [1.54, 1.807) is 17.7 Å². The van der Waals surface area contributed by atoms with Crippen molar-refractivity contribution in [2.75, 3.05) is 6.61 Å². The predicted molar refractivity (Wildman–Crippen MR) is 92.7 cm³/mol. The molecule has 4 nitrogen and oxygen atoms in total. The lowest BCUT2D eigenvalue weighted by Crippen LogP contribution is -2.06. The Hall–Kier alpha value is -1.62. The first kappa shape index (κ1) is 17.7. The van der Waals surface area contributed by atoms with E-state index >= 15 is 0 Å². The van der Waals surface area contributed by atoms with Gasteiger partial charge in [0.1, 0.15) is 0 Å². The molecule has 0 atom stereocenters. The van der Waals surface area contributed by atoms with E-state index in [1.165, 1.54) is 49.9 Å². The molecule has 0 bridgehead atoms. The topological polar surface area (TPSA) is 52.3 Å². The minimum Gasteiger partial charge on any atom is -0.462 e. The summed E-state index contributed by atoms with van der Waals surface area (Å²) < 4.78 is 10.5. The van der Waals surface area contributed by atoms with Crippen LogP contribution in [0.25, 0.3) is 10.8 Å². The maximum atomic E-state index is 11.9. The molecule has 0 aliphatic rings. The Morgan fingerprint density at radius 3 is 2.61 bits per heavy atom. The number of ether oxygens (including phenoxy) is 1. The second-order valence-electron chi connectivity index (χ2n) is 5.63. The molecule has 2 heterocycles. The molecule has 0 radical (unpaired) electrons. The Morgan fingerprint density at radius 2 is 1.91 bits per heavy atom. The molecule has 0 fully saturated rings. The fourth-order valence-electron chi connectivity index (χ4n) is 2.36. The van der Waals surface area contributed by atoms with Gasteiger partial charge < -0.3 is 9.15 Å². The Kier molecular flexibility index (Phi) is 7.87. The van der Waals surface area contributed by atoms with E-state index in [2.05, 4.69) is 11.9 Å². The lowest BCUT2D eigenvalue weighted by atomic mass is 10.1. The van der Waals surface area contributed by atoms with Crippen LogP contribution in [0.3, 0.4) is 0 Å². The lowest BCUT2D eigenvalue weighted by Gasteiger charge is -2.03. The monoisotopic (exact) mass is 335 g/mol. The quantitative estimate of drug-likeness (QED) is 0.390. The van der Waals surface area contributed by atoms with Crippen molar-refractivity contribution < 1.29 is 13.9 Å². The number of nitrogens with zero attached hydrogens (tertiary/aromatic N) is 1. The Bertz CT molecular complexity index is 563. The summed E-state index contributed by atoms with van der Waals surface area (Å²) in [4.78, 5) is 16.2. The zero-order valence-corrected chi connectivity index (χ0v) is 14.6. The molecule has 0 unspecified atom stereocenters. The van der Waals surface area contributed by atoms with E-state index in [-0.39, 0.29) is 5.97 Å². The fraction of sp³-hybridized carbons (Fsp3) is 0.556. The summed E-state index contributed by atoms with van der Waals surface area (Å²) in [6.45, 7) is 2.70. The zero-order chi connectivity index (χ0) is 16.3. The molecule has 0 spiro atoms. The second kappa shape index (κ2) is 10.2. The van der Waals surface area contributed by atoms with Crippen molar-refractivity contribution in [3.05, 3.63) is 29.5 Å². The van der Waals surface area contributed by atoms with E-state index in [0.717, 1.165) is 12.8 Å². The van der Waals surface area contributed by atoms with Gasteiger partial charge in [0.05, 0.1) is 12.9 Å². The first-order valence-corrected chi connectivity index (χ1v) is 9.35. The molecule has 0 N–H and O–H groups in total. The van der Waals surface area contributed by atoms with Gasteiger partial charge in [0.15, 0.2) is 16.5 Å². The van der Waals surface area contributed by atoms with Crippen LogP contribution in [0.1, 0.15) is 68.8 Å². The molecule has 0 saturated carbocycles. The highest BCUT2D eigenvalue weighted by atomic mass is 32.1. The van der Waals surface area contributed by atoms with Gasteiger partial charge in [-0.05, 0) is 18.6 Å². The molecule has 5 heteroatoms. The summed E-state index contributed by atoms with van der Waals surface area (Å²) in [5.41, 5.74) is 0.362. The largest absolute Gasteiger partial charge is 0.462 e. The number of hydrogen-bond acceptors (Lipinski definition) is 5. The van der Waals surface area contributed by atoms with Crippen LogP contribution in [0.15, 0.2) is 28.2 Å². The van der Waals surface area contributed by atoms with Crippen molar-refractivity contribution in [1.29, 1.82) is 0 Å². The highest BCUT2D eigenvalue weighted by Crippen LogP contribution is 2.24. The predicted octanol–water partition coefficient (Wildman–Crippen LogP) is 5.70. The lowest BCUT2D eigenvalue weighted by molar-refractivity contribution is 0.0492. The maximum absolute atomic E-state index is 11.9. The van der Waals surface area contributed by atoms with Gasteiger partial charge in [-0.3, -0.25) is 0 Å². The number of hydrogen-bond donors (Lipinski definition) is 0. The van der Waals surface area contributed by atoms with Gasteiger partial charge >= 0.3 is 5.97 Å². The van der Waals surface area contributed by atoms with Crippen LogP contribution in [0.2, 0.25) is 0 Å². The van der Waals surface area contributed by atoms with E-state index in [1.807, 2.05) is 6.07 Å². The van der Waals surface area contributed by atoms with Gasteiger partial charge in [0, 0.05) is 5.38 Å².